The van der Waals surface area contributed by atoms with Gasteiger partial charge in [0.25, 0.3) is 0 Å². The van der Waals surface area contributed by atoms with E-state index < -0.39 is 0 Å². The van der Waals surface area contributed by atoms with E-state index in [1.54, 1.807) is 31.8 Å². The molecule has 30 heavy (non-hydrogen) atoms. The van der Waals surface area contributed by atoms with E-state index in [2.05, 4.69) is 21.0 Å². The van der Waals surface area contributed by atoms with E-state index in [1.807, 2.05) is 30.5 Å². The largest absolute Gasteiger partial charge is 0.497 e. The van der Waals surface area contributed by atoms with Crippen LogP contribution in [0.3, 0.4) is 0 Å². The molecule has 0 unspecified atom stereocenters. The molecule has 0 amide bonds. The Morgan fingerprint density at radius 3 is 2.53 bits per heavy atom. The summed E-state index contributed by atoms with van der Waals surface area (Å²) in [5, 5.41) is 2.21. The first-order valence-corrected chi connectivity index (χ1v) is 11.6. The number of nitrogens with zero attached hydrogens (tertiary/aromatic N) is 3. The monoisotopic (exact) mass is 423 g/mol. The third kappa shape index (κ3) is 4.59. The fourth-order valence-electron chi connectivity index (χ4n) is 4.18. The zero-order chi connectivity index (χ0) is 20.8. The molecule has 0 saturated heterocycles. The number of pyridine rings is 1. The van der Waals surface area contributed by atoms with Crippen molar-refractivity contribution in [2.75, 3.05) is 14.2 Å². The highest BCUT2D eigenvalue weighted by atomic mass is 32.1. The van der Waals surface area contributed by atoms with Gasteiger partial charge >= 0.3 is 0 Å². The van der Waals surface area contributed by atoms with Crippen LogP contribution in [0.1, 0.15) is 51.0 Å². The van der Waals surface area contributed by atoms with E-state index in [0.717, 1.165) is 33.2 Å². The van der Waals surface area contributed by atoms with Crippen molar-refractivity contribution >= 4 is 17.0 Å². The maximum atomic E-state index is 5.73. The van der Waals surface area contributed by atoms with Gasteiger partial charge in [-0.2, -0.15) is 0 Å². The number of aromatic nitrogens is 2. The van der Waals surface area contributed by atoms with Crippen LogP contribution in [-0.4, -0.2) is 23.8 Å². The molecule has 0 spiro atoms. The first-order valence-electron chi connectivity index (χ1n) is 10.7. The number of rotatable bonds is 5. The fourth-order valence-corrected chi connectivity index (χ4v) is 5.16. The zero-order valence-electron chi connectivity index (χ0n) is 17.7. The Labute approximate surface area is 182 Å². The van der Waals surface area contributed by atoms with Crippen LogP contribution in [0.25, 0.3) is 11.3 Å². The van der Waals surface area contributed by atoms with E-state index in [4.69, 9.17) is 14.5 Å². The van der Waals surface area contributed by atoms with Gasteiger partial charge in [0.2, 0.25) is 0 Å². The molecule has 1 aliphatic rings. The minimum atomic E-state index is 0.439. The molecule has 1 saturated carbocycles. The van der Waals surface area contributed by atoms with E-state index >= 15 is 0 Å². The second-order valence-corrected chi connectivity index (χ2v) is 8.50. The number of methoxy groups -OCH3 is 2. The molecule has 5 nitrogen and oxygen atoms in total. The molecule has 0 N–H and O–H groups in total. The molecule has 158 valence electrons. The van der Waals surface area contributed by atoms with E-state index in [0.29, 0.717) is 6.04 Å². The number of benzene rings is 1. The summed E-state index contributed by atoms with van der Waals surface area (Å²) in [6, 6.07) is 10.4. The summed E-state index contributed by atoms with van der Waals surface area (Å²) in [6.45, 7) is 0. The summed E-state index contributed by atoms with van der Waals surface area (Å²) in [7, 11) is 3.39. The van der Waals surface area contributed by atoms with Crippen LogP contribution < -0.4 is 14.3 Å². The molecule has 0 atom stereocenters. The molecule has 0 bridgehead atoms. The summed E-state index contributed by atoms with van der Waals surface area (Å²) in [6.07, 6.45) is 12.5. The highest BCUT2D eigenvalue weighted by Gasteiger charge is 2.21. The minimum absolute atomic E-state index is 0.439. The van der Waals surface area contributed by atoms with Crippen LogP contribution in [0.15, 0.2) is 53.1 Å². The number of hydrogen-bond donors (Lipinski definition) is 0. The molecule has 1 aliphatic carbocycles. The predicted octanol–water partition coefficient (Wildman–Crippen LogP) is 6.15. The summed E-state index contributed by atoms with van der Waals surface area (Å²) in [5.41, 5.74) is 3.11. The SMILES string of the molecule is COc1ccc(-c2csc(=Nc3cccnc3)n2C2CCCCCCC2)c(OC)c1. The Kier molecular flexibility index (Phi) is 6.84. The standard InChI is InChI=1S/C24H29N3O2S/c1-28-20-12-13-21(23(15-20)29-2)22-17-30-24(26-18-9-8-14-25-16-18)27(22)19-10-6-4-3-5-7-11-19/h8-9,12-17,19H,3-7,10-11H2,1-2H3. The van der Waals surface area contributed by atoms with E-state index in [9.17, 15) is 0 Å². The van der Waals surface area contributed by atoms with Gasteiger partial charge in [0.1, 0.15) is 11.5 Å². The lowest BCUT2D eigenvalue weighted by molar-refractivity contribution is 0.368. The lowest BCUT2D eigenvalue weighted by atomic mass is 9.96. The lowest BCUT2D eigenvalue weighted by Crippen LogP contribution is -2.23. The third-order valence-corrected chi connectivity index (χ3v) is 6.58. The van der Waals surface area contributed by atoms with Crippen LogP contribution in [0.2, 0.25) is 0 Å². The van der Waals surface area contributed by atoms with Gasteiger partial charge in [-0.25, -0.2) is 4.99 Å². The van der Waals surface area contributed by atoms with Crippen molar-refractivity contribution in [2.24, 2.45) is 4.99 Å². The molecular formula is C24H29N3O2S. The normalized spacial score (nSPS) is 16.1. The molecule has 0 aliphatic heterocycles. The Balaban J connectivity index is 1.86. The smallest absolute Gasteiger partial charge is 0.190 e. The first-order chi connectivity index (χ1) is 14.8. The Morgan fingerprint density at radius 1 is 1.03 bits per heavy atom. The molecule has 1 aromatic carbocycles. The topological polar surface area (TPSA) is 48.6 Å². The molecule has 0 radical (unpaired) electrons. The quantitative estimate of drug-likeness (QED) is 0.495. The number of ether oxygens (including phenoxy) is 2. The van der Waals surface area contributed by atoms with Crippen LogP contribution in [0.4, 0.5) is 5.69 Å². The van der Waals surface area contributed by atoms with Crippen LogP contribution >= 0.6 is 11.3 Å². The highest BCUT2D eigenvalue weighted by molar-refractivity contribution is 7.07. The van der Waals surface area contributed by atoms with Crippen LogP contribution in [0, 0.1) is 0 Å². The van der Waals surface area contributed by atoms with E-state index in [1.165, 1.54) is 44.9 Å². The van der Waals surface area contributed by atoms with Gasteiger partial charge in [-0.3, -0.25) is 4.98 Å². The van der Waals surface area contributed by atoms with Crippen LogP contribution in [-0.2, 0) is 0 Å². The van der Waals surface area contributed by atoms with Crippen molar-refractivity contribution in [1.82, 2.24) is 9.55 Å². The van der Waals surface area contributed by atoms with Gasteiger partial charge in [0.05, 0.1) is 31.8 Å². The average molecular weight is 424 g/mol. The summed E-state index contributed by atoms with van der Waals surface area (Å²) >= 11 is 1.68. The molecule has 3 aromatic rings. The second-order valence-electron chi connectivity index (χ2n) is 7.66. The van der Waals surface area contributed by atoms with Crippen molar-refractivity contribution in [2.45, 2.75) is 51.0 Å². The molecule has 2 heterocycles. The van der Waals surface area contributed by atoms with Crippen molar-refractivity contribution in [3.8, 4) is 22.8 Å². The predicted molar refractivity (Wildman–Crippen MR) is 122 cm³/mol. The molecule has 6 heteroatoms. The van der Waals surface area contributed by atoms with Crippen LogP contribution in [0.5, 0.6) is 11.5 Å². The van der Waals surface area contributed by atoms with Crippen molar-refractivity contribution in [1.29, 1.82) is 0 Å². The first kappa shape index (κ1) is 20.7. The Hall–Kier alpha value is -2.60. The van der Waals surface area contributed by atoms with E-state index in [-0.39, 0.29) is 0 Å². The van der Waals surface area contributed by atoms with Gasteiger partial charge < -0.3 is 14.0 Å². The molecular weight excluding hydrogens is 394 g/mol. The average Bonchev–Trinajstić information content (AvgIpc) is 3.17. The second kappa shape index (κ2) is 9.94. The zero-order valence-corrected chi connectivity index (χ0v) is 18.5. The fraction of sp³-hybridized carbons (Fsp3) is 0.417. The maximum absolute atomic E-state index is 5.73. The minimum Gasteiger partial charge on any atom is -0.497 e. The summed E-state index contributed by atoms with van der Waals surface area (Å²) in [5.74, 6) is 1.61. The van der Waals surface area contributed by atoms with Gasteiger partial charge in [-0.15, -0.1) is 11.3 Å². The van der Waals surface area contributed by atoms with Crippen molar-refractivity contribution < 1.29 is 9.47 Å². The summed E-state index contributed by atoms with van der Waals surface area (Å²) in [4.78, 5) is 10.2. The molecule has 4 rings (SSSR count). The van der Waals surface area contributed by atoms with Gasteiger partial charge in [-0.1, -0.05) is 32.1 Å². The number of thiazole rings is 1. The Morgan fingerprint density at radius 2 is 1.83 bits per heavy atom. The lowest BCUT2D eigenvalue weighted by Gasteiger charge is -2.24. The molecule has 2 aromatic heterocycles. The van der Waals surface area contributed by atoms with Gasteiger partial charge in [0, 0.05) is 29.2 Å². The highest BCUT2D eigenvalue weighted by Crippen LogP contribution is 2.37. The van der Waals surface area contributed by atoms with Gasteiger partial charge in [-0.05, 0) is 37.1 Å². The molecule has 1 fully saturated rings. The summed E-state index contributed by atoms with van der Waals surface area (Å²) < 4.78 is 13.6. The van der Waals surface area contributed by atoms with Crippen molar-refractivity contribution in [3.05, 3.63) is 52.9 Å². The third-order valence-electron chi connectivity index (χ3n) is 5.74. The number of hydrogen-bond acceptors (Lipinski definition) is 5. The Bertz CT molecular complexity index is 1020. The van der Waals surface area contributed by atoms with Crippen molar-refractivity contribution in [3.63, 3.8) is 0 Å². The van der Waals surface area contributed by atoms with Gasteiger partial charge in [0.15, 0.2) is 4.80 Å². The maximum Gasteiger partial charge on any atom is 0.190 e.